The molecule has 2 aromatic carbocycles. The van der Waals surface area contributed by atoms with Crippen molar-refractivity contribution >= 4 is 28.7 Å². The van der Waals surface area contributed by atoms with Gasteiger partial charge in [-0.15, -0.1) is 0 Å². The van der Waals surface area contributed by atoms with Gasteiger partial charge < -0.3 is 15.8 Å². The van der Waals surface area contributed by atoms with Gasteiger partial charge in [0.25, 0.3) is 0 Å². The Hall–Kier alpha value is -1.94. The third-order valence-electron chi connectivity index (χ3n) is 2.37. The molecule has 0 unspecified atom stereocenters. The van der Waals surface area contributed by atoms with E-state index in [4.69, 9.17) is 22.1 Å². The second-order valence-corrected chi connectivity index (χ2v) is 4.15. The molecule has 0 aliphatic heterocycles. The molecule has 0 aromatic heterocycles. The van der Waals surface area contributed by atoms with Gasteiger partial charge in [-0.25, -0.2) is 4.39 Å². The summed E-state index contributed by atoms with van der Waals surface area (Å²) in [5, 5.41) is 3.43. The Morgan fingerprint density at radius 1 is 1.22 bits per heavy atom. The van der Waals surface area contributed by atoms with E-state index in [0.29, 0.717) is 27.8 Å². The van der Waals surface area contributed by atoms with Crippen molar-refractivity contribution in [2.45, 2.75) is 0 Å². The first-order valence-electron chi connectivity index (χ1n) is 5.25. The van der Waals surface area contributed by atoms with E-state index in [9.17, 15) is 4.39 Å². The lowest BCUT2D eigenvalue weighted by Gasteiger charge is -2.11. The molecule has 94 valence electrons. The van der Waals surface area contributed by atoms with E-state index >= 15 is 0 Å². The predicted molar refractivity (Wildman–Crippen MR) is 72.1 cm³/mol. The van der Waals surface area contributed by atoms with Crippen LogP contribution < -0.4 is 15.8 Å². The minimum Gasteiger partial charge on any atom is -0.497 e. The number of nitrogens with one attached hydrogen (secondary N) is 1. The molecular weight excluding hydrogens is 255 g/mol. The van der Waals surface area contributed by atoms with E-state index in [2.05, 4.69) is 5.32 Å². The van der Waals surface area contributed by atoms with Crippen LogP contribution in [0.25, 0.3) is 0 Å². The maximum atomic E-state index is 13.1. The largest absolute Gasteiger partial charge is 0.497 e. The Bertz CT molecular complexity index is 575. The summed E-state index contributed by atoms with van der Waals surface area (Å²) < 4.78 is 18.2. The molecule has 2 aromatic rings. The summed E-state index contributed by atoms with van der Waals surface area (Å²) in [6.45, 7) is 0. The van der Waals surface area contributed by atoms with Crippen molar-refractivity contribution in [2.24, 2.45) is 0 Å². The Balaban J connectivity index is 2.33. The zero-order valence-corrected chi connectivity index (χ0v) is 10.5. The van der Waals surface area contributed by atoms with Crippen LogP contribution in [0, 0.1) is 5.82 Å². The van der Waals surface area contributed by atoms with Crippen LogP contribution >= 0.6 is 11.6 Å². The van der Waals surface area contributed by atoms with Gasteiger partial charge >= 0.3 is 0 Å². The molecule has 0 amide bonds. The van der Waals surface area contributed by atoms with Crippen molar-refractivity contribution in [2.75, 3.05) is 18.2 Å². The maximum Gasteiger partial charge on any atom is 0.125 e. The minimum atomic E-state index is -0.363. The molecule has 0 aliphatic carbocycles. The molecule has 0 fully saturated rings. The standard InChI is InChI=1S/C13H12ClFN2O/c1-18-11-6-9(16)5-10(7-11)17-13-4-8(15)2-3-12(13)14/h2-7,17H,16H2,1H3. The van der Waals surface area contributed by atoms with Crippen molar-refractivity contribution in [1.29, 1.82) is 0 Å². The van der Waals surface area contributed by atoms with Gasteiger partial charge in [0.15, 0.2) is 0 Å². The fourth-order valence-corrected chi connectivity index (χ4v) is 1.73. The van der Waals surface area contributed by atoms with E-state index in [0.717, 1.165) is 0 Å². The van der Waals surface area contributed by atoms with Crippen LogP contribution in [0.5, 0.6) is 5.75 Å². The van der Waals surface area contributed by atoms with Crippen LogP contribution in [0.15, 0.2) is 36.4 Å². The molecule has 0 bridgehead atoms. The molecule has 0 heterocycles. The Morgan fingerprint density at radius 3 is 2.72 bits per heavy atom. The van der Waals surface area contributed by atoms with E-state index < -0.39 is 0 Å². The van der Waals surface area contributed by atoms with E-state index in [-0.39, 0.29) is 5.82 Å². The van der Waals surface area contributed by atoms with Crippen molar-refractivity contribution in [3.05, 3.63) is 47.2 Å². The molecule has 5 heteroatoms. The average Bonchev–Trinajstić information content (AvgIpc) is 2.33. The van der Waals surface area contributed by atoms with Gasteiger partial charge in [-0.2, -0.15) is 0 Å². The van der Waals surface area contributed by atoms with Crippen molar-refractivity contribution in [3.8, 4) is 5.75 Å². The van der Waals surface area contributed by atoms with Gasteiger partial charge in [0.05, 0.1) is 17.8 Å². The monoisotopic (exact) mass is 266 g/mol. The molecule has 0 spiro atoms. The molecule has 18 heavy (non-hydrogen) atoms. The van der Waals surface area contributed by atoms with Crippen molar-refractivity contribution in [3.63, 3.8) is 0 Å². The molecule has 3 nitrogen and oxygen atoms in total. The number of rotatable bonds is 3. The van der Waals surface area contributed by atoms with E-state index in [1.807, 2.05) is 0 Å². The second-order valence-electron chi connectivity index (χ2n) is 3.74. The first-order chi connectivity index (χ1) is 8.58. The Morgan fingerprint density at radius 2 is 2.00 bits per heavy atom. The van der Waals surface area contributed by atoms with Crippen LogP contribution in [0.4, 0.5) is 21.5 Å². The van der Waals surface area contributed by atoms with Gasteiger partial charge in [0.1, 0.15) is 11.6 Å². The van der Waals surface area contributed by atoms with Gasteiger partial charge in [-0.05, 0) is 24.3 Å². The highest BCUT2D eigenvalue weighted by atomic mass is 35.5. The summed E-state index contributed by atoms with van der Waals surface area (Å²) in [5.41, 5.74) is 7.43. The highest BCUT2D eigenvalue weighted by Crippen LogP contribution is 2.29. The molecule has 2 rings (SSSR count). The summed E-state index contributed by atoms with van der Waals surface area (Å²) in [4.78, 5) is 0. The maximum absolute atomic E-state index is 13.1. The SMILES string of the molecule is COc1cc(N)cc(Nc2cc(F)ccc2Cl)c1. The van der Waals surface area contributed by atoms with Crippen LogP contribution in [0.1, 0.15) is 0 Å². The molecular formula is C13H12ClFN2O. The number of hydrogen-bond acceptors (Lipinski definition) is 3. The smallest absolute Gasteiger partial charge is 0.125 e. The molecule has 0 radical (unpaired) electrons. The number of hydrogen-bond donors (Lipinski definition) is 2. The third-order valence-corrected chi connectivity index (χ3v) is 2.70. The topological polar surface area (TPSA) is 47.3 Å². The number of methoxy groups -OCH3 is 1. The fourth-order valence-electron chi connectivity index (χ4n) is 1.56. The Kier molecular flexibility index (Phi) is 3.58. The summed E-state index contributed by atoms with van der Waals surface area (Å²) in [6, 6.07) is 9.26. The highest BCUT2D eigenvalue weighted by Gasteiger charge is 2.04. The molecule has 0 aliphatic rings. The van der Waals surface area contributed by atoms with Crippen LogP contribution in [0.2, 0.25) is 5.02 Å². The normalized spacial score (nSPS) is 10.2. The molecule has 0 saturated heterocycles. The number of benzene rings is 2. The lowest BCUT2D eigenvalue weighted by atomic mass is 10.2. The quantitative estimate of drug-likeness (QED) is 0.831. The summed E-state index contributed by atoms with van der Waals surface area (Å²) in [6.07, 6.45) is 0. The lowest BCUT2D eigenvalue weighted by Crippen LogP contribution is -1.95. The van der Waals surface area contributed by atoms with Crippen LogP contribution in [-0.2, 0) is 0 Å². The number of ether oxygens (including phenoxy) is 1. The summed E-state index contributed by atoms with van der Waals surface area (Å²) in [7, 11) is 1.55. The van der Waals surface area contributed by atoms with Gasteiger partial charge in [-0.3, -0.25) is 0 Å². The minimum absolute atomic E-state index is 0.363. The van der Waals surface area contributed by atoms with Crippen LogP contribution in [-0.4, -0.2) is 7.11 Å². The first-order valence-corrected chi connectivity index (χ1v) is 5.63. The molecule has 0 saturated carbocycles. The van der Waals surface area contributed by atoms with E-state index in [1.54, 1.807) is 25.3 Å². The fraction of sp³-hybridized carbons (Fsp3) is 0.0769. The number of nitrogens with two attached hydrogens (primary N) is 1. The van der Waals surface area contributed by atoms with Gasteiger partial charge in [0.2, 0.25) is 0 Å². The van der Waals surface area contributed by atoms with E-state index in [1.165, 1.54) is 18.2 Å². The zero-order chi connectivity index (χ0) is 13.1. The van der Waals surface area contributed by atoms with Crippen LogP contribution in [0.3, 0.4) is 0 Å². The summed E-state index contributed by atoms with van der Waals surface area (Å²) in [5.74, 6) is 0.253. The lowest BCUT2D eigenvalue weighted by molar-refractivity contribution is 0.415. The third kappa shape index (κ3) is 2.84. The average molecular weight is 267 g/mol. The zero-order valence-electron chi connectivity index (χ0n) is 9.71. The summed E-state index contributed by atoms with van der Waals surface area (Å²) >= 11 is 5.97. The first kappa shape index (κ1) is 12.5. The molecule has 0 atom stereocenters. The predicted octanol–water partition coefficient (Wildman–Crippen LogP) is 3.81. The van der Waals surface area contributed by atoms with Gasteiger partial charge in [0, 0.05) is 23.5 Å². The van der Waals surface area contributed by atoms with Crippen molar-refractivity contribution < 1.29 is 9.13 Å². The number of nitrogen functional groups attached to an aromatic ring is 1. The number of halogens is 2. The second kappa shape index (κ2) is 5.14. The molecule has 3 N–H and O–H groups in total. The highest BCUT2D eigenvalue weighted by molar-refractivity contribution is 6.33. The van der Waals surface area contributed by atoms with Crippen molar-refractivity contribution in [1.82, 2.24) is 0 Å². The Labute approximate surface area is 109 Å². The van der Waals surface area contributed by atoms with Gasteiger partial charge in [-0.1, -0.05) is 11.6 Å². The number of anilines is 3.